The first-order valence-electron chi connectivity index (χ1n) is 12.2. The zero-order valence-corrected chi connectivity index (χ0v) is 20.8. The summed E-state index contributed by atoms with van der Waals surface area (Å²) in [5.74, 6) is -1.64. The Bertz CT molecular complexity index is 1050. The molecule has 5 nitrogen and oxygen atoms in total. The fourth-order valence-electron chi connectivity index (χ4n) is 4.49. The number of nitrogens with zero attached hydrogens (tertiary/aromatic N) is 2. The summed E-state index contributed by atoms with van der Waals surface area (Å²) in [6, 6.07) is 13.7. The lowest BCUT2D eigenvalue weighted by Gasteiger charge is -2.38. The van der Waals surface area contributed by atoms with Gasteiger partial charge in [-0.1, -0.05) is 42.8 Å². The van der Waals surface area contributed by atoms with Gasteiger partial charge in [0.15, 0.2) is 11.6 Å². The van der Waals surface area contributed by atoms with E-state index in [2.05, 4.69) is 34.6 Å². The third-order valence-corrected chi connectivity index (χ3v) is 6.30. The standard InChI is InChI=1S/C28H35F2N3O2/c1-20-26(28(34)35-3)27(23-14-15-24(29)25(30)19-23)33(21(2)32-20)18-9-5-8-16-31-17-10-13-22-11-6-4-7-12-22/h4,6-7,11-12,14-15,19,27,31H,5,8-10,13,16-18H2,1-3H3. The van der Waals surface area contributed by atoms with Crippen LogP contribution < -0.4 is 5.32 Å². The van der Waals surface area contributed by atoms with E-state index in [-0.39, 0.29) is 0 Å². The zero-order valence-electron chi connectivity index (χ0n) is 20.8. The summed E-state index contributed by atoms with van der Waals surface area (Å²) in [4.78, 5) is 19.1. The fourth-order valence-corrected chi connectivity index (χ4v) is 4.49. The Kier molecular flexibility index (Phi) is 9.97. The molecular formula is C28H35F2N3O2. The van der Waals surface area contributed by atoms with Crippen LogP contribution in [0, 0.1) is 11.6 Å². The quantitative estimate of drug-likeness (QED) is 0.316. The first-order chi connectivity index (χ1) is 16.9. The van der Waals surface area contributed by atoms with Crippen LogP contribution >= 0.6 is 0 Å². The van der Waals surface area contributed by atoms with E-state index in [0.29, 0.717) is 23.4 Å². The number of amidine groups is 1. The molecule has 0 aliphatic carbocycles. The monoisotopic (exact) mass is 483 g/mol. The van der Waals surface area contributed by atoms with E-state index in [0.717, 1.165) is 63.2 Å². The Balaban J connectivity index is 1.54. The van der Waals surface area contributed by atoms with E-state index in [1.54, 1.807) is 6.92 Å². The number of esters is 1. The van der Waals surface area contributed by atoms with E-state index in [1.807, 2.05) is 17.9 Å². The van der Waals surface area contributed by atoms with Gasteiger partial charge in [0.1, 0.15) is 5.84 Å². The topological polar surface area (TPSA) is 53.9 Å². The van der Waals surface area contributed by atoms with Gasteiger partial charge in [0.05, 0.1) is 24.4 Å². The second-order valence-corrected chi connectivity index (χ2v) is 8.82. The van der Waals surface area contributed by atoms with Crippen molar-refractivity contribution in [1.82, 2.24) is 10.2 Å². The number of aryl methyl sites for hydroxylation is 1. The summed E-state index contributed by atoms with van der Waals surface area (Å²) in [7, 11) is 1.31. The maximum absolute atomic E-state index is 14.1. The highest BCUT2D eigenvalue weighted by atomic mass is 19.2. The molecule has 3 rings (SSSR count). The molecule has 188 valence electrons. The van der Waals surface area contributed by atoms with Crippen LogP contribution in [-0.4, -0.2) is 43.4 Å². The lowest BCUT2D eigenvalue weighted by Crippen LogP contribution is -2.40. The van der Waals surface area contributed by atoms with Crippen LogP contribution in [0.25, 0.3) is 0 Å². The molecule has 35 heavy (non-hydrogen) atoms. The fraction of sp³-hybridized carbons (Fsp3) is 0.429. The number of allylic oxidation sites excluding steroid dienone is 1. The van der Waals surface area contributed by atoms with Gasteiger partial charge in [-0.05, 0) is 75.9 Å². The number of nitrogens with one attached hydrogen (secondary N) is 1. The first kappa shape index (κ1) is 26.5. The average Bonchev–Trinajstić information content (AvgIpc) is 2.85. The minimum absolute atomic E-state index is 0.351. The van der Waals surface area contributed by atoms with Crippen LogP contribution in [0.15, 0.2) is 64.8 Å². The zero-order chi connectivity index (χ0) is 25.2. The van der Waals surface area contributed by atoms with Crippen molar-refractivity contribution in [2.24, 2.45) is 4.99 Å². The SMILES string of the molecule is COC(=O)C1=C(C)N=C(C)N(CCCCCNCCCc2ccccc2)C1c1ccc(F)c(F)c1. The van der Waals surface area contributed by atoms with Crippen molar-refractivity contribution in [2.45, 2.75) is 52.0 Å². The number of methoxy groups -OCH3 is 1. The van der Waals surface area contributed by atoms with Crippen molar-refractivity contribution in [3.8, 4) is 0 Å². The molecule has 1 aliphatic rings. The Morgan fingerprint density at radius 3 is 2.46 bits per heavy atom. The molecule has 0 bridgehead atoms. The number of halogens is 2. The predicted octanol–water partition coefficient (Wildman–Crippen LogP) is 5.58. The number of ether oxygens (including phenoxy) is 1. The summed E-state index contributed by atoms with van der Waals surface area (Å²) in [5.41, 5.74) is 2.74. The van der Waals surface area contributed by atoms with Gasteiger partial charge in [-0.3, -0.25) is 0 Å². The van der Waals surface area contributed by atoms with E-state index in [9.17, 15) is 13.6 Å². The van der Waals surface area contributed by atoms with E-state index >= 15 is 0 Å². The van der Waals surface area contributed by atoms with Gasteiger partial charge in [-0.25, -0.2) is 18.6 Å². The van der Waals surface area contributed by atoms with Crippen LogP contribution in [0.3, 0.4) is 0 Å². The van der Waals surface area contributed by atoms with Crippen LogP contribution in [0.4, 0.5) is 8.78 Å². The van der Waals surface area contributed by atoms with Crippen molar-refractivity contribution >= 4 is 11.8 Å². The van der Waals surface area contributed by atoms with Crippen LogP contribution in [-0.2, 0) is 16.0 Å². The summed E-state index contributed by atoms with van der Waals surface area (Å²) in [6.07, 6.45) is 5.08. The molecule has 1 heterocycles. The van der Waals surface area contributed by atoms with Gasteiger partial charge in [0.25, 0.3) is 0 Å². The second kappa shape index (κ2) is 13.1. The molecule has 0 spiro atoms. The molecule has 7 heteroatoms. The lowest BCUT2D eigenvalue weighted by atomic mass is 9.93. The molecule has 1 N–H and O–H groups in total. The number of hydrogen-bond acceptors (Lipinski definition) is 5. The number of rotatable bonds is 12. The molecule has 0 radical (unpaired) electrons. The van der Waals surface area contributed by atoms with Gasteiger partial charge < -0.3 is 15.0 Å². The van der Waals surface area contributed by atoms with Crippen molar-refractivity contribution in [1.29, 1.82) is 0 Å². The highest BCUT2D eigenvalue weighted by Gasteiger charge is 2.35. The maximum Gasteiger partial charge on any atom is 0.338 e. The Morgan fingerprint density at radius 2 is 1.74 bits per heavy atom. The molecule has 1 unspecified atom stereocenters. The minimum atomic E-state index is -0.942. The van der Waals surface area contributed by atoms with Gasteiger partial charge in [-0.2, -0.15) is 0 Å². The van der Waals surface area contributed by atoms with Crippen molar-refractivity contribution in [3.05, 3.63) is 82.6 Å². The van der Waals surface area contributed by atoms with Crippen molar-refractivity contribution < 1.29 is 18.3 Å². The van der Waals surface area contributed by atoms with E-state index in [1.165, 1.54) is 18.7 Å². The molecule has 0 fully saturated rings. The van der Waals surface area contributed by atoms with Crippen LogP contribution in [0.5, 0.6) is 0 Å². The summed E-state index contributed by atoms with van der Waals surface area (Å²) >= 11 is 0. The average molecular weight is 484 g/mol. The highest BCUT2D eigenvalue weighted by molar-refractivity contribution is 5.95. The Morgan fingerprint density at radius 1 is 1.00 bits per heavy atom. The van der Waals surface area contributed by atoms with Gasteiger partial charge >= 0.3 is 5.97 Å². The normalized spacial score (nSPS) is 15.9. The number of aliphatic imine (C=N–C) groups is 1. The summed E-state index contributed by atoms with van der Waals surface area (Å²) in [6.45, 7) is 6.18. The molecule has 1 atom stereocenters. The van der Waals surface area contributed by atoms with Crippen molar-refractivity contribution in [3.63, 3.8) is 0 Å². The Hall–Kier alpha value is -3.06. The largest absolute Gasteiger partial charge is 0.466 e. The van der Waals surface area contributed by atoms with Gasteiger partial charge in [0, 0.05) is 6.54 Å². The van der Waals surface area contributed by atoms with E-state index in [4.69, 9.17) is 4.74 Å². The number of carbonyl (C=O) groups is 1. The molecule has 2 aromatic rings. The minimum Gasteiger partial charge on any atom is -0.466 e. The first-order valence-corrected chi connectivity index (χ1v) is 12.2. The Labute approximate surface area is 206 Å². The molecule has 1 aliphatic heterocycles. The van der Waals surface area contributed by atoms with Gasteiger partial charge in [0.2, 0.25) is 0 Å². The van der Waals surface area contributed by atoms with Crippen molar-refractivity contribution in [2.75, 3.05) is 26.7 Å². The second-order valence-electron chi connectivity index (χ2n) is 8.82. The van der Waals surface area contributed by atoms with Crippen LogP contribution in [0.1, 0.15) is 56.7 Å². The van der Waals surface area contributed by atoms with E-state index < -0.39 is 23.6 Å². The molecule has 0 saturated heterocycles. The number of benzene rings is 2. The number of carbonyl (C=O) groups excluding carboxylic acids is 1. The highest BCUT2D eigenvalue weighted by Crippen LogP contribution is 2.36. The molecule has 0 saturated carbocycles. The number of unbranched alkanes of at least 4 members (excludes halogenated alkanes) is 2. The summed E-state index contributed by atoms with van der Waals surface area (Å²) < 4.78 is 32.7. The number of hydrogen-bond donors (Lipinski definition) is 1. The lowest BCUT2D eigenvalue weighted by molar-refractivity contribution is -0.136. The third kappa shape index (κ3) is 7.21. The summed E-state index contributed by atoms with van der Waals surface area (Å²) in [5, 5.41) is 3.50. The van der Waals surface area contributed by atoms with Crippen LogP contribution in [0.2, 0.25) is 0 Å². The smallest absolute Gasteiger partial charge is 0.338 e. The molecule has 0 aromatic heterocycles. The van der Waals surface area contributed by atoms with Gasteiger partial charge in [-0.15, -0.1) is 0 Å². The molecular weight excluding hydrogens is 448 g/mol. The third-order valence-electron chi connectivity index (χ3n) is 6.30. The molecule has 2 aromatic carbocycles. The molecule has 0 amide bonds. The maximum atomic E-state index is 14.1. The predicted molar refractivity (Wildman–Crippen MR) is 135 cm³/mol.